The van der Waals surface area contributed by atoms with Gasteiger partial charge in [-0.3, -0.25) is 9.59 Å². The average molecular weight is 352 g/mol. The van der Waals surface area contributed by atoms with Gasteiger partial charge in [-0.05, 0) is 49.1 Å². The van der Waals surface area contributed by atoms with Gasteiger partial charge >= 0.3 is 0 Å². The zero-order valence-electron chi connectivity index (χ0n) is 15.1. The molecular formula is C21H24N2O3. The number of aryl methyl sites for hydroxylation is 1. The summed E-state index contributed by atoms with van der Waals surface area (Å²) in [6.45, 7) is 3.06. The molecule has 2 aromatic rings. The third kappa shape index (κ3) is 3.39. The number of rotatable bonds is 6. The second-order valence-electron chi connectivity index (χ2n) is 7.20. The number of furan rings is 1. The molecule has 26 heavy (non-hydrogen) atoms. The number of carbonyl (C=O) groups excluding carboxylic acids is 2. The van der Waals surface area contributed by atoms with Crippen LogP contribution in [0.25, 0.3) is 0 Å². The van der Waals surface area contributed by atoms with Crippen LogP contribution in [0, 0.1) is 5.92 Å². The molecule has 0 radical (unpaired) electrons. The van der Waals surface area contributed by atoms with Gasteiger partial charge in [0, 0.05) is 24.7 Å². The summed E-state index contributed by atoms with van der Waals surface area (Å²) in [5, 5.41) is 0. The molecule has 2 fully saturated rings. The van der Waals surface area contributed by atoms with Gasteiger partial charge in [0.05, 0.1) is 18.7 Å². The van der Waals surface area contributed by atoms with Gasteiger partial charge in [-0.15, -0.1) is 0 Å². The second-order valence-corrected chi connectivity index (χ2v) is 7.20. The van der Waals surface area contributed by atoms with E-state index in [1.54, 1.807) is 11.2 Å². The SMILES string of the molecule is CCc1ccc(N2CC(C(=O)N(Cc3ccco3)C3CC3)CC2=O)cc1. The molecule has 4 rings (SSSR count). The highest BCUT2D eigenvalue weighted by atomic mass is 16.3. The number of anilines is 1. The zero-order chi connectivity index (χ0) is 18.1. The van der Waals surface area contributed by atoms with Crippen molar-refractivity contribution in [1.82, 2.24) is 4.90 Å². The van der Waals surface area contributed by atoms with Crippen LogP contribution in [0.1, 0.15) is 37.5 Å². The third-order valence-corrected chi connectivity index (χ3v) is 5.31. The first-order chi connectivity index (χ1) is 12.7. The van der Waals surface area contributed by atoms with Gasteiger partial charge in [0.2, 0.25) is 11.8 Å². The van der Waals surface area contributed by atoms with Crippen molar-refractivity contribution in [1.29, 1.82) is 0 Å². The van der Waals surface area contributed by atoms with Crippen molar-refractivity contribution in [3.63, 3.8) is 0 Å². The lowest BCUT2D eigenvalue weighted by molar-refractivity contribution is -0.137. The maximum absolute atomic E-state index is 13.1. The minimum Gasteiger partial charge on any atom is -0.467 e. The molecule has 1 aromatic heterocycles. The van der Waals surface area contributed by atoms with Gasteiger partial charge in [-0.25, -0.2) is 0 Å². The van der Waals surface area contributed by atoms with Gasteiger partial charge in [-0.2, -0.15) is 0 Å². The maximum atomic E-state index is 13.1. The van der Waals surface area contributed by atoms with Crippen LogP contribution in [-0.4, -0.2) is 29.3 Å². The smallest absolute Gasteiger partial charge is 0.228 e. The van der Waals surface area contributed by atoms with Crippen molar-refractivity contribution in [2.24, 2.45) is 5.92 Å². The van der Waals surface area contributed by atoms with Crippen LogP contribution >= 0.6 is 0 Å². The Morgan fingerprint density at radius 1 is 1.23 bits per heavy atom. The largest absolute Gasteiger partial charge is 0.467 e. The van der Waals surface area contributed by atoms with Gasteiger partial charge in [0.25, 0.3) is 0 Å². The van der Waals surface area contributed by atoms with Crippen LogP contribution in [0.3, 0.4) is 0 Å². The summed E-state index contributed by atoms with van der Waals surface area (Å²) < 4.78 is 5.42. The first kappa shape index (κ1) is 16.9. The van der Waals surface area contributed by atoms with Crippen molar-refractivity contribution in [2.45, 2.75) is 45.2 Å². The molecule has 0 spiro atoms. The molecule has 0 N–H and O–H groups in total. The van der Waals surface area contributed by atoms with E-state index in [0.717, 1.165) is 30.7 Å². The minimum atomic E-state index is -0.274. The Morgan fingerprint density at radius 2 is 2.00 bits per heavy atom. The highest BCUT2D eigenvalue weighted by molar-refractivity contribution is 6.00. The number of nitrogens with zero attached hydrogens (tertiary/aromatic N) is 2. The Labute approximate surface area is 153 Å². The zero-order valence-corrected chi connectivity index (χ0v) is 15.1. The van der Waals surface area contributed by atoms with E-state index in [2.05, 4.69) is 6.92 Å². The molecule has 1 aliphatic carbocycles. The molecule has 1 atom stereocenters. The Balaban J connectivity index is 1.47. The molecule has 2 aliphatic rings. The highest BCUT2D eigenvalue weighted by Crippen LogP contribution is 2.33. The Kier molecular flexibility index (Phi) is 4.53. The maximum Gasteiger partial charge on any atom is 0.228 e. The van der Waals surface area contributed by atoms with Crippen molar-refractivity contribution in [3.8, 4) is 0 Å². The summed E-state index contributed by atoms with van der Waals surface area (Å²) >= 11 is 0. The normalized spacial score (nSPS) is 19.8. The molecule has 0 bridgehead atoms. The van der Waals surface area contributed by atoms with E-state index in [-0.39, 0.29) is 24.2 Å². The quantitative estimate of drug-likeness (QED) is 0.801. The average Bonchev–Trinajstić information content (AvgIpc) is 3.23. The summed E-state index contributed by atoms with van der Waals surface area (Å²) in [7, 11) is 0. The van der Waals surface area contributed by atoms with Crippen LogP contribution in [0.4, 0.5) is 5.69 Å². The van der Waals surface area contributed by atoms with Crippen molar-refractivity contribution in [2.75, 3.05) is 11.4 Å². The summed E-state index contributed by atoms with van der Waals surface area (Å²) in [5.41, 5.74) is 2.12. The van der Waals surface area contributed by atoms with Gasteiger partial charge < -0.3 is 14.2 Å². The van der Waals surface area contributed by atoms with Gasteiger partial charge in [0.15, 0.2) is 0 Å². The van der Waals surface area contributed by atoms with E-state index in [4.69, 9.17) is 4.42 Å². The van der Waals surface area contributed by atoms with E-state index in [1.807, 2.05) is 41.3 Å². The van der Waals surface area contributed by atoms with E-state index in [1.165, 1.54) is 5.56 Å². The lowest BCUT2D eigenvalue weighted by Crippen LogP contribution is -2.38. The van der Waals surface area contributed by atoms with E-state index in [0.29, 0.717) is 19.1 Å². The molecule has 1 aliphatic heterocycles. The third-order valence-electron chi connectivity index (χ3n) is 5.31. The molecule has 1 aromatic carbocycles. The Hall–Kier alpha value is -2.56. The van der Waals surface area contributed by atoms with Crippen LogP contribution in [0.2, 0.25) is 0 Å². The summed E-state index contributed by atoms with van der Waals surface area (Å²) in [6, 6.07) is 12.1. The molecule has 1 unspecified atom stereocenters. The van der Waals surface area contributed by atoms with Crippen LogP contribution < -0.4 is 4.90 Å². The predicted octanol–water partition coefficient (Wildman–Crippen LogP) is 3.39. The van der Waals surface area contributed by atoms with Gasteiger partial charge in [-0.1, -0.05) is 19.1 Å². The van der Waals surface area contributed by atoms with Crippen molar-refractivity contribution >= 4 is 17.5 Å². The first-order valence-corrected chi connectivity index (χ1v) is 9.38. The summed E-state index contributed by atoms with van der Waals surface area (Å²) in [6.07, 6.45) is 4.96. The van der Waals surface area contributed by atoms with E-state index >= 15 is 0 Å². The molecule has 1 saturated heterocycles. The lowest BCUT2D eigenvalue weighted by atomic mass is 10.1. The molecular weight excluding hydrogens is 328 g/mol. The minimum absolute atomic E-state index is 0.0290. The number of benzene rings is 1. The first-order valence-electron chi connectivity index (χ1n) is 9.38. The number of hydrogen-bond donors (Lipinski definition) is 0. The summed E-state index contributed by atoms with van der Waals surface area (Å²) in [4.78, 5) is 29.2. The topological polar surface area (TPSA) is 53.8 Å². The monoisotopic (exact) mass is 352 g/mol. The van der Waals surface area contributed by atoms with Crippen LogP contribution in [0.15, 0.2) is 47.1 Å². The Morgan fingerprint density at radius 3 is 2.62 bits per heavy atom. The standard InChI is InChI=1S/C21H24N2O3/c1-2-15-5-7-17(8-6-15)22-13-16(12-20(22)24)21(25)23(18-9-10-18)14-19-4-3-11-26-19/h3-8,11,16,18H,2,9-10,12-14H2,1H3. The summed E-state index contributed by atoms with van der Waals surface area (Å²) in [5.74, 6) is 0.622. The molecule has 1 saturated carbocycles. The molecule has 136 valence electrons. The van der Waals surface area contributed by atoms with Crippen molar-refractivity contribution < 1.29 is 14.0 Å². The second kappa shape index (κ2) is 6.98. The molecule has 2 heterocycles. The fourth-order valence-electron chi connectivity index (χ4n) is 3.61. The van der Waals surface area contributed by atoms with Gasteiger partial charge in [0.1, 0.15) is 5.76 Å². The fraction of sp³-hybridized carbons (Fsp3) is 0.429. The van der Waals surface area contributed by atoms with E-state index in [9.17, 15) is 9.59 Å². The number of carbonyl (C=O) groups is 2. The molecule has 5 heteroatoms. The molecule has 2 amide bonds. The Bertz CT molecular complexity index is 778. The number of amides is 2. The van der Waals surface area contributed by atoms with Crippen LogP contribution in [-0.2, 0) is 22.6 Å². The lowest BCUT2D eigenvalue weighted by Gasteiger charge is -2.24. The van der Waals surface area contributed by atoms with E-state index < -0.39 is 0 Å². The number of hydrogen-bond acceptors (Lipinski definition) is 3. The van der Waals surface area contributed by atoms with Crippen molar-refractivity contribution in [3.05, 3.63) is 54.0 Å². The highest BCUT2D eigenvalue weighted by Gasteiger charge is 2.41. The van der Waals surface area contributed by atoms with Crippen LogP contribution in [0.5, 0.6) is 0 Å². The predicted molar refractivity (Wildman–Crippen MR) is 98.6 cm³/mol. The molecule has 5 nitrogen and oxygen atoms in total. The fourth-order valence-corrected chi connectivity index (χ4v) is 3.61.